The van der Waals surface area contributed by atoms with Crippen LogP contribution in [0.3, 0.4) is 0 Å². The van der Waals surface area contributed by atoms with E-state index in [1.54, 1.807) is 0 Å². The van der Waals surface area contributed by atoms with Crippen molar-refractivity contribution < 1.29 is 0 Å². The second-order valence-electron chi connectivity index (χ2n) is 4.17. The average molecular weight is 195 g/mol. The molecule has 0 amide bonds. The zero-order valence-electron chi connectivity index (χ0n) is 9.62. The van der Waals surface area contributed by atoms with Crippen LogP contribution in [0.1, 0.15) is 39.3 Å². The topological polar surface area (TPSA) is 29.9 Å². The van der Waals surface area contributed by atoms with Crippen LogP contribution in [0.2, 0.25) is 0 Å². The lowest BCUT2D eigenvalue weighted by Gasteiger charge is -2.09. The van der Waals surface area contributed by atoms with Gasteiger partial charge in [-0.2, -0.15) is 5.10 Å². The summed E-state index contributed by atoms with van der Waals surface area (Å²) in [6.07, 6.45) is 4.09. The van der Waals surface area contributed by atoms with Crippen LogP contribution < -0.4 is 5.32 Å². The predicted octanol–water partition coefficient (Wildman–Crippen LogP) is 2.21. The molecule has 0 radical (unpaired) electrons. The molecule has 80 valence electrons. The van der Waals surface area contributed by atoms with Crippen LogP contribution in [0, 0.1) is 5.92 Å². The molecule has 0 aliphatic rings. The summed E-state index contributed by atoms with van der Waals surface area (Å²) in [5.41, 5.74) is 1.27. The molecular formula is C11H21N3. The number of hydrogen-bond acceptors (Lipinski definition) is 2. The third-order valence-corrected chi connectivity index (χ3v) is 2.22. The second kappa shape index (κ2) is 5.15. The van der Waals surface area contributed by atoms with Crippen molar-refractivity contribution >= 4 is 0 Å². The third-order valence-electron chi connectivity index (χ3n) is 2.22. The van der Waals surface area contributed by atoms with E-state index in [2.05, 4.69) is 44.3 Å². The summed E-state index contributed by atoms with van der Waals surface area (Å²) in [4.78, 5) is 0. The van der Waals surface area contributed by atoms with E-state index in [4.69, 9.17) is 0 Å². The van der Waals surface area contributed by atoms with Crippen molar-refractivity contribution in [1.29, 1.82) is 0 Å². The second-order valence-corrected chi connectivity index (χ2v) is 4.17. The minimum atomic E-state index is 0.404. The van der Waals surface area contributed by atoms with Crippen LogP contribution in [-0.2, 0) is 6.54 Å². The first kappa shape index (κ1) is 11.2. The van der Waals surface area contributed by atoms with Crippen molar-refractivity contribution in [2.75, 3.05) is 6.54 Å². The highest BCUT2D eigenvalue weighted by Crippen LogP contribution is 2.11. The highest BCUT2D eigenvalue weighted by atomic mass is 15.3. The maximum absolute atomic E-state index is 4.34. The van der Waals surface area contributed by atoms with Crippen LogP contribution in [0.15, 0.2) is 12.4 Å². The molecule has 1 unspecified atom stereocenters. The van der Waals surface area contributed by atoms with Gasteiger partial charge in [0.15, 0.2) is 0 Å². The molecule has 14 heavy (non-hydrogen) atoms. The molecule has 1 rings (SSSR count). The van der Waals surface area contributed by atoms with E-state index >= 15 is 0 Å². The number of nitrogens with zero attached hydrogens (tertiary/aromatic N) is 2. The number of nitrogens with one attached hydrogen (secondary N) is 1. The summed E-state index contributed by atoms with van der Waals surface area (Å²) >= 11 is 0. The lowest BCUT2D eigenvalue weighted by molar-refractivity contribution is 0.482. The highest BCUT2D eigenvalue weighted by Gasteiger charge is 2.06. The maximum atomic E-state index is 4.34. The summed E-state index contributed by atoms with van der Waals surface area (Å²) in [5, 5.41) is 7.71. The SMILES string of the molecule is CCNC(C)c1cnn(CC(C)C)c1. The first-order valence-corrected chi connectivity index (χ1v) is 5.39. The predicted molar refractivity (Wildman–Crippen MR) is 59.2 cm³/mol. The number of hydrogen-bond donors (Lipinski definition) is 1. The molecule has 1 atom stereocenters. The van der Waals surface area contributed by atoms with Gasteiger partial charge in [0, 0.05) is 24.3 Å². The van der Waals surface area contributed by atoms with Crippen LogP contribution in [0.5, 0.6) is 0 Å². The fourth-order valence-corrected chi connectivity index (χ4v) is 1.50. The first-order valence-electron chi connectivity index (χ1n) is 5.39. The molecule has 1 heterocycles. The van der Waals surface area contributed by atoms with Gasteiger partial charge in [-0.15, -0.1) is 0 Å². The first-order chi connectivity index (χ1) is 6.63. The van der Waals surface area contributed by atoms with Gasteiger partial charge >= 0.3 is 0 Å². The summed E-state index contributed by atoms with van der Waals surface area (Å²) in [5.74, 6) is 0.650. The molecule has 0 spiro atoms. The largest absolute Gasteiger partial charge is 0.310 e. The number of aromatic nitrogens is 2. The molecule has 0 fully saturated rings. The van der Waals surface area contributed by atoms with E-state index < -0.39 is 0 Å². The minimum absolute atomic E-state index is 0.404. The van der Waals surface area contributed by atoms with E-state index in [1.807, 2.05) is 10.9 Å². The zero-order valence-corrected chi connectivity index (χ0v) is 9.62. The van der Waals surface area contributed by atoms with E-state index in [0.717, 1.165) is 13.1 Å². The van der Waals surface area contributed by atoms with Gasteiger partial charge in [0.25, 0.3) is 0 Å². The Balaban J connectivity index is 2.58. The molecule has 0 saturated carbocycles. The van der Waals surface area contributed by atoms with Gasteiger partial charge in [-0.05, 0) is 19.4 Å². The molecule has 0 aromatic carbocycles. The van der Waals surface area contributed by atoms with Crippen molar-refractivity contribution in [3.63, 3.8) is 0 Å². The molecule has 3 heteroatoms. The fraction of sp³-hybridized carbons (Fsp3) is 0.727. The van der Waals surface area contributed by atoms with Gasteiger partial charge in [0.05, 0.1) is 6.20 Å². The number of rotatable bonds is 5. The van der Waals surface area contributed by atoms with Gasteiger partial charge in [-0.3, -0.25) is 4.68 Å². The summed E-state index contributed by atoms with van der Waals surface area (Å²) in [7, 11) is 0. The Morgan fingerprint density at radius 2 is 2.14 bits per heavy atom. The van der Waals surface area contributed by atoms with Crippen molar-refractivity contribution in [1.82, 2.24) is 15.1 Å². The molecule has 3 nitrogen and oxygen atoms in total. The monoisotopic (exact) mass is 195 g/mol. The normalized spacial score (nSPS) is 13.5. The Morgan fingerprint density at radius 1 is 1.43 bits per heavy atom. The Bertz CT molecular complexity index is 265. The molecule has 0 saturated heterocycles. The van der Waals surface area contributed by atoms with Crippen LogP contribution >= 0.6 is 0 Å². The Labute approximate surface area is 86.5 Å². The maximum Gasteiger partial charge on any atom is 0.0537 e. The van der Waals surface area contributed by atoms with Gasteiger partial charge in [-0.1, -0.05) is 20.8 Å². The molecule has 0 aliphatic heterocycles. The van der Waals surface area contributed by atoms with E-state index in [1.165, 1.54) is 5.56 Å². The Kier molecular flexibility index (Phi) is 4.14. The summed E-state index contributed by atoms with van der Waals surface area (Å²) < 4.78 is 2.02. The van der Waals surface area contributed by atoms with E-state index in [0.29, 0.717) is 12.0 Å². The molecule has 1 N–H and O–H groups in total. The summed E-state index contributed by atoms with van der Waals surface area (Å²) in [6.45, 7) is 10.7. The van der Waals surface area contributed by atoms with Crippen LogP contribution in [0.4, 0.5) is 0 Å². The van der Waals surface area contributed by atoms with Gasteiger partial charge in [0.1, 0.15) is 0 Å². The van der Waals surface area contributed by atoms with Crippen molar-refractivity contribution in [2.24, 2.45) is 5.92 Å². The Hall–Kier alpha value is -0.830. The standard InChI is InChI=1S/C11H21N3/c1-5-12-10(4)11-6-13-14(8-11)7-9(2)3/h6,8-10,12H,5,7H2,1-4H3. The van der Waals surface area contributed by atoms with E-state index in [-0.39, 0.29) is 0 Å². The van der Waals surface area contributed by atoms with Crippen molar-refractivity contribution in [3.05, 3.63) is 18.0 Å². The highest BCUT2D eigenvalue weighted by molar-refractivity contribution is 5.08. The van der Waals surface area contributed by atoms with Gasteiger partial charge < -0.3 is 5.32 Å². The van der Waals surface area contributed by atoms with E-state index in [9.17, 15) is 0 Å². The molecule has 0 bridgehead atoms. The Morgan fingerprint density at radius 3 is 2.71 bits per heavy atom. The molecular weight excluding hydrogens is 174 g/mol. The molecule has 1 aromatic heterocycles. The van der Waals surface area contributed by atoms with Gasteiger partial charge in [0.2, 0.25) is 0 Å². The molecule has 0 aliphatic carbocycles. The average Bonchev–Trinajstić information content (AvgIpc) is 2.52. The smallest absolute Gasteiger partial charge is 0.0537 e. The molecule has 1 aromatic rings. The van der Waals surface area contributed by atoms with Crippen molar-refractivity contribution in [3.8, 4) is 0 Å². The quantitative estimate of drug-likeness (QED) is 0.780. The summed E-state index contributed by atoms with van der Waals surface area (Å²) in [6, 6.07) is 0.404. The lowest BCUT2D eigenvalue weighted by atomic mass is 10.2. The van der Waals surface area contributed by atoms with Crippen LogP contribution in [-0.4, -0.2) is 16.3 Å². The minimum Gasteiger partial charge on any atom is -0.310 e. The lowest BCUT2D eigenvalue weighted by Crippen LogP contribution is -2.17. The zero-order chi connectivity index (χ0) is 10.6. The van der Waals surface area contributed by atoms with Crippen molar-refractivity contribution in [2.45, 2.75) is 40.3 Å². The van der Waals surface area contributed by atoms with Gasteiger partial charge in [-0.25, -0.2) is 0 Å². The van der Waals surface area contributed by atoms with Crippen LogP contribution in [0.25, 0.3) is 0 Å². The fourth-order valence-electron chi connectivity index (χ4n) is 1.50. The third kappa shape index (κ3) is 3.14.